The Balaban J connectivity index is 1.67. The molecule has 0 spiro atoms. The van der Waals surface area contributed by atoms with Crippen LogP contribution in [-0.4, -0.2) is 30.6 Å². The number of nitriles is 1. The Hall–Kier alpha value is -1.53. The molecule has 1 aliphatic rings. The van der Waals surface area contributed by atoms with Gasteiger partial charge >= 0.3 is 0 Å². The molecule has 1 heterocycles. The normalized spacial score (nSPS) is 23.9. The molecule has 0 saturated carbocycles. The minimum Gasteiger partial charge on any atom is -0.492 e. The quantitative estimate of drug-likeness (QED) is 0.668. The Morgan fingerprint density at radius 3 is 2.86 bits per heavy atom. The number of hydrogen-bond acceptors (Lipinski definition) is 3. The van der Waals surface area contributed by atoms with Crippen molar-refractivity contribution < 1.29 is 4.74 Å². The van der Waals surface area contributed by atoms with E-state index >= 15 is 0 Å². The van der Waals surface area contributed by atoms with Crippen molar-refractivity contribution in [2.45, 2.75) is 6.04 Å². The summed E-state index contributed by atoms with van der Waals surface area (Å²) in [5.74, 6) is 0.892. The Morgan fingerprint density at radius 2 is 2.21 bits per heavy atom. The molecule has 1 fully saturated rings. The molecule has 0 N–H and O–H groups in total. The largest absolute Gasteiger partial charge is 0.492 e. The Kier molecular flexibility index (Phi) is 2.66. The molecular weight excluding hydrogens is 176 g/mol. The zero-order valence-corrected chi connectivity index (χ0v) is 7.89. The second-order valence-corrected chi connectivity index (χ2v) is 3.30. The average molecular weight is 188 g/mol. The van der Waals surface area contributed by atoms with E-state index < -0.39 is 0 Å². The Labute approximate surface area is 83.5 Å². The predicted octanol–water partition coefficient (Wildman–Crippen LogP) is 1.27. The van der Waals surface area contributed by atoms with Crippen LogP contribution in [0.1, 0.15) is 0 Å². The summed E-state index contributed by atoms with van der Waals surface area (Å²) in [5, 5.41) is 8.56. The first-order valence-electron chi connectivity index (χ1n) is 4.71. The van der Waals surface area contributed by atoms with Gasteiger partial charge in [0.1, 0.15) is 18.4 Å². The lowest BCUT2D eigenvalue weighted by molar-refractivity contribution is 0.289. The maximum atomic E-state index is 8.56. The van der Waals surface area contributed by atoms with Crippen molar-refractivity contribution >= 4 is 0 Å². The third-order valence-electron chi connectivity index (χ3n) is 2.25. The van der Waals surface area contributed by atoms with E-state index in [9.17, 15) is 0 Å². The fourth-order valence-corrected chi connectivity index (χ4v) is 1.34. The lowest BCUT2D eigenvalue weighted by Gasteiger charge is -2.05. The van der Waals surface area contributed by atoms with Gasteiger partial charge in [-0.15, -0.1) is 0 Å². The summed E-state index contributed by atoms with van der Waals surface area (Å²) < 4.78 is 5.50. The molecule has 0 aliphatic carbocycles. The molecule has 3 nitrogen and oxygen atoms in total. The molecule has 2 atom stereocenters. The van der Waals surface area contributed by atoms with Crippen LogP contribution in [0.3, 0.4) is 0 Å². The molecule has 1 aromatic rings. The SMILES string of the molecule is N#CC1CN1CCOc1ccccc1. The van der Waals surface area contributed by atoms with Gasteiger partial charge in [-0.3, -0.25) is 4.90 Å². The van der Waals surface area contributed by atoms with Crippen molar-refractivity contribution in [2.24, 2.45) is 0 Å². The van der Waals surface area contributed by atoms with E-state index in [2.05, 4.69) is 11.0 Å². The number of rotatable bonds is 4. The first kappa shape index (κ1) is 9.04. The number of nitrogens with zero attached hydrogens (tertiary/aromatic N) is 2. The molecular formula is C11H12N2O. The minimum atomic E-state index is 0.134. The number of ether oxygens (including phenoxy) is 1. The first-order valence-corrected chi connectivity index (χ1v) is 4.71. The molecule has 72 valence electrons. The van der Waals surface area contributed by atoms with E-state index in [-0.39, 0.29) is 6.04 Å². The van der Waals surface area contributed by atoms with E-state index in [4.69, 9.17) is 10.00 Å². The zero-order chi connectivity index (χ0) is 9.80. The van der Waals surface area contributed by atoms with E-state index in [1.165, 1.54) is 0 Å². The molecule has 3 heteroatoms. The van der Waals surface area contributed by atoms with Crippen molar-refractivity contribution in [3.05, 3.63) is 30.3 Å². The van der Waals surface area contributed by atoms with E-state index in [1.807, 2.05) is 30.3 Å². The van der Waals surface area contributed by atoms with Gasteiger partial charge in [0.05, 0.1) is 6.07 Å². The van der Waals surface area contributed by atoms with Crippen LogP contribution in [0.4, 0.5) is 0 Å². The monoisotopic (exact) mass is 188 g/mol. The molecule has 1 aliphatic heterocycles. The number of hydrogen-bond donors (Lipinski definition) is 0. The van der Waals surface area contributed by atoms with Crippen LogP contribution in [-0.2, 0) is 0 Å². The average Bonchev–Trinajstić information content (AvgIpc) is 2.98. The molecule has 2 rings (SSSR count). The van der Waals surface area contributed by atoms with Gasteiger partial charge in [0.2, 0.25) is 0 Å². The van der Waals surface area contributed by atoms with E-state index in [0.29, 0.717) is 6.61 Å². The maximum Gasteiger partial charge on any atom is 0.119 e. The summed E-state index contributed by atoms with van der Waals surface area (Å²) in [7, 11) is 0. The fraction of sp³-hybridized carbons (Fsp3) is 0.364. The Morgan fingerprint density at radius 1 is 1.43 bits per heavy atom. The standard InChI is InChI=1S/C11H12N2O/c12-8-10-9-13(10)6-7-14-11-4-2-1-3-5-11/h1-5,10H,6-7,9H2. The molecule has 0 bridgehead atoms. The van der Waals surface area contributed by atoms with Gasteiger partial charge in [-0.25, -0.2) is 0 Å². The Bertz CT molecular complexity index is 331. The van der Waals surface area contributed by atoms with Crippen molar-refractivity contribution in [1.29, 1.82) is 5.26 Å². The predicted molar refractivity (Wildman–Crippen MR) is 52.9 cm³/mol. The molecule has 2 unspecified atom stereocenters. The van der Waals surface area contributed by atoms with Crippen LogP contribution in [0.5, 0.6) is 5.75 Å². The van der Waals surface area contributed by atoms with Crippen LogP contribution in [0.2, 0.25) is 0 Å². The number of para-hydroxylation sites is 1. The topological polar surface area (TPSA) is 36.0 Å². The fourth-order valence-electron chi connectivity index (χ4n) is 1.34. The lowest BCUT2D eigenvalue weighted by Crippen LogP contribution is -2.12. The van der Waals surface area contributed by atoms with Gasteiger partial charge in [-0.2, -0.15) is 5.26 Å². The van der Waals surface area contributed by atoms with Gasteiger partial charge in [0.25, 0.3) is 0 Å². The van der Waals surface area contributed by atoms with Crippen molar-refractivity contribution in [3.8, 4) is 11.8 Å². The van der Waals surface area contributed by atoms with Crippen molar-refractivity contribution in [3.63, 3.8) is 0 Å². The summed E-state index contributed by atoms with van der Waals surface area (Å²) in [6.07, 6.45) is 0. The van der Waals surface area contributed by atoms with Crippen molar-refractivity contribution in [2.75, 3.05) is 19.7 Å². The highest BCUT2D eigenvalue weighted by Gasteiger charge is 2.33. The van der Waals surface area contributed by atoms with Crippen LogP contribution in [0.25, 0.3) is 0 Å². The van der Waals surface area contributed by atoms with Gasteiger partial charge in [-0.1, -0.05) is 18.2 Å². The van der Waals surface area contributed by atoms with Crippen molar-refractivity contribution in [1.82, 2.24) is 4.90 Å². The summed E-state index contributed by atoms with van der Waals surface area (Å²) in [6.45, 7) is 2.39. The van der Waals surface area contributed by atoms with Gasteiger partial charge < -0.3 is 4.74 Å². The van der Waals surface area contributed by atoms with Crippen LogP contribution in [0.15, 0.2) is 30.3 Å². The summed E-state index contributed by atoms with van der Waals surface area (Å²) in [6, 6.07) is 12.1. The zero-order valence-electron chi connectivity index (χ0n) is 7.89. The molecule has 0 amide bonds. The second-order valence-electron chi connectivity index (χ2n) is 3.30. The first-order chi connectivity index (χ1) is 6.90. The van der Waals surface area contributed by atoms with Gasteiger partial charge in [-0.05, 0) is 12.1 Å². The van der Waals surface area contributed by atoms with Crippen LogP contribution < -0.4 is 4.74 Å². The highest BCUT2D eigenvalue weighted by molar-refractivity contribution is 5.20. The molecule has 1 saturated heterocycles. The molecule has 1 aromatic carbocycles. The minimum absolute atomic E-state index is 0.134. The third kappa shape index (κ3) is 2.24. The van der Waals surface area contributed by atoms with E-state index in [0.717, 1.165) is 18.8 Å². The summed E-state index contributed by atoms with van der Waals surface area (Å²) in [4.78, 5) is 2.09. The van der Waals surface area contributed by atoms with Gasteiger partial charge in [0, 0.05) is 13.1 Å². The summed E-state index contributed by atoms with van der Waals surface area (Å²) in [5.41, 5.74) is 0. The number of benzene rings is 1. The third-order valence-corrected chi connectivity index (χ3v) is 2.25. The lowest BCUT2D eigenvalue weighted by atomic mass is 10.3. The molecule has 0 radical (unpaired) electrons. The maximum absolute atomic E-state index is 8.56. The highest BCUT2D eigenvalue weighted by atomic mass is 16.5. The van der Waals surface area contributed by atoms with Crippen LogP contribution >= 0.6 is 0 Å². The smallest absolute Gasteiger partial charge is 0.119 e. The van der Waals surface area contributed by atoms with E-state index in [1.54, 1.807) is 0 Å². The molecule has 14 heavy (non-hydrogen) atoms. The molecule has 0 aromatic heterocycles. The highest BCUT2D eigenvalue weighted by Crippen LogP contribution is 2.15. The second kappa shape index (κ2) is 4.12. The van der Waals surface area contributed by atoms with Crippen LogP contribution in [0, 0.1) is 11.3 Å². The summed E-state index contributed by atoms with van der Waals surface area (Å²) >= 11 is 0. The van der Waals surface area contributed by atoms with Gasteiger partial charge in [0.15, 0.2) is 0 Å².